The minimum atomic E-state index is -4.47. The Bertz CT molecular complexity index is 269. The van der Waals surface area contributed by atoms with E-state index < -0.39 is 24.2 Å². The van der Waals surface area contributed by atoms with E-state index in [-0.39, 0.29) is 6.42 Å². The molecule has 0 aromatic rings. The first-order valence-electron chi connectivity index (χ1n) is 4.69. The third-order valence-corrected chi connectivity index (χ3v) is 2.07. The van der Waals surface area contributed by atoms with Gasteiger partial charge in [0.1, 0.15) is 0 Å². The van der Waals surface area contributed by atoms with Crippen LogP contribution in [0.2, 0.25) is 0 Å². The standard InChI is InChI=1S/C8H12F3N3O/c1-2-5-12-6(15)3-4-7(13-14-7)8(9,10)11/h2-5H2,1H3,(H,12,15). The highest BCUT2D eigenvalue weighted by molar-refractivity contribution is 5.75. The number of carbonyl (C=O) groups is 1. The molecule has 0 spiro atoms. The summed E-state index contributed by atoms with van der Waals surface area (Å²) in [7, 11) is 0. The summed E-state index contributed by atoms with van der Waals surface area (Å²) in [5, 5.41) is 8.45. The number of nitrogens with zero attached hydrogens (tertiary/aromatic N) is 2. The van der Waals surface area contributed by atoms with E-state index in [4.69, 9.17) is 0 Å². The Morgan fingerprint density at radius 3 is 2.40 bits per heavy atom. The van der Waals surface area contributed by atoms with Crippen LogP contribution in [0.5, 0.6) is 0 Å². The molecule has 1 aliphatic rings. The smallest absolute Gasteiger partial charge is 0.356 e. The van der Waals surface area contributed by atoms with E-state index in [2.05, 4.69) is 15.5 Å². The number of amides is 1. The molecule has 4 nitrogen and oxygen atoms in total. The molecule has 7 heteroatoms. The summed E-state index contributed by atoms with van der Waals surface area (Å²) in [6.45, 7) is 2.34. The average Bonchev–Trinajstić information content (AvgIpc) is 2.91. The second kappa shape index (κ2) is 4.16. The minimum Gasteiger partial charge on any atom is -0.356 e. The molecule has 0 atom stereocenters. The zero-order chi connectivity index (χ0) is 11.5. The first kappa shape index (κ1) is 11.9. The highest BCUT2D eigenvalue weighted by Gasteiger charge is 2.63. The molecule has 0 radical (unpaired) electrons. The number of hydrogen-bond acceptors (Lipinski definition) is 3. The van der Waals surface area contributed by atoms with E-state index in [0.29, 0.717) is 6.54 Å². The lowest BCUT2D eigenvalue weighted by Crippen LogP contribution is -2.34. The molecule has 0 saturated heterocycles. The summed E-state index contributed by atoms with van der Waals surface area (Å²) in [6.07, 6.45) is -4.32. The fourth-order valence-corrected chi connectivity index (χ4v) is 1.06. The van der Waals surface area contributed by atoms with Gasteiger partial charge in [0.05, 0.1) is 0 Å². The quantitative estimate of drug-likeness (QED) is 0.761. The lowest BCUT2D eigenvalue weighted by atomic mass is 10.1. The molecule has 15 heavy (non-hydrogen) atoms. The average molecular weight is 223 g/mol. The maximum absolute atomic E-state index is 12.3. The minimum absolute atomic E-state index is 0.202. The summed E-state index contributed by atoms with van der Waals surface area (Å²) in [5.41, 5.74) is -2.30. The predicted octanol–water partition coefficient (Wildman–Crippen LogP) is 2.02. The van der Waals surface area contributed by atoms with Crippen LogP contribution < -0.4 is 5.32 Å². The molecular formula is C8H12F3N3O. The molecule has 0 saturated carbocycles. The van der Waals surface area contributed by atoms with Crippen LogP contribution in [-0.2, 0) is 4.79 Å². The largest absolute Gasteiger partial charge is 0.437 e. The molecule has 0 aromatic carbocycles. The third-order valence-electron chi connectivity index (χ3n) is 2.07. The SMILES string of the molecule is CCCNC(=O)CCC1(C(F)(F)F)N=N1. The van der Waals surface area contributed by atoms with Crippen molar-refractivity contribution in [1.29, 1.82) is 0 Å². The van der Waals surface area contributed by atoms with E-state index >= 15 is 0 Å². The van der Waals surface area contributed by atoms with Crippen LogP contribution in [0.1, 0.15) is 26.2 Å². The van der Waals surface area contributed by atoms with Crippen molar-refractivity contribution in [3.05, 3.63) is 0 Å². The Kier molecular flexibility index (Phi) is 3.31. The number of halogens is 3. The van der Waals surface area contributed by atoms with Gasteiger partial charge >= 0.3 is 6.18 Å². The van der Waals surface area contributed by atoms with E-state index in [9.17, 15) is 18.0 Å². The predicted molar refractivity (Wildman–Crippen MR) is 46.2 cm³/mol. The van der Waals surface area contributed by atoms with Crippen LogP contribution in [0, 0.1) is 0 Å². The molecule has 1 N–H and O–H groups in total. The maximum atomic E-state index is 12.3. The van der Waals surface area contributed by atoms with Crippen molar-refractivity contribution in [1.82, 2.24) is 5.32 Å². The van der Waals surface area contributed by atoms with Gasteiger partial charge in [0.25, 0.3) is 5.66 Å². The van der Waals surface area contributed by atoms with Crippen LogP contribution in [-0.4, -0.2) is 24.3 Å². The molecule has 1 aliphatic heterocycles. The summed E-state index contributed by atoms with van der Waals surface area (Å²) < 4.78 is 36.8. The van der Waals surface area contributed by atoms with Gasteiger partial charge in [-0.2, -0.15) is 13.2 Å². The lowest BCUT2D eigenvalue weighted by Gasteiger charge is -2.13. The van der Waals surface area contributed by atoms with Gasteiger partial charge in [-0.25, -0.2) is 0 Å². The Morgan fingerprint density at radius 2 is 2.00 bits per heavy atom. The number of nitrogens with one attached hydrogen (secondary N) is 1. The zero-order valence-electron chi connectivity index (χ0n) is 8.26. The van der Waals surface area contributed by atoms with Crippen molar-refractivity contribution in [2.24, 2.45) is 10.2 Å². The number of carbonyl (C=O) groups excluding carboxylic acids is 1. The molecule has 1 amide bonds. The number of alkyl halides is 3. The first-order valence-corrected chi connectivity index (χ1v) is 4.69. The molecule has 0 aliphatic carbocycles. The van der Waals surface area contributed by atoms with Gasteiger partial charge in [0, 0.05) is 19.4 Å². The van der Waals surface area contributed by atoms with Crippen molar-refractivity contribution in [2.45, 2.75) is 38.0 Å². The fraction of sp³-hybridized carbons (Fsp3) is 0.875. The van der Waals surface area contributed by atoms with Crippen molar-refractivity contribution in [3.63, 3.8) is 0 Å². The Morgan fingerprint density at radius 1 is 1.40 bits per heavy atom. The van der Waals surface area contributed by atoms with E-state index in [1.165, 1.54) is 0 Å². The van der Waals surface area contributed by atoms with Gasteiger partial charge < -0.3 is 5.32 Å². The lowest BCUT2D eigenvalue weighted by molar-refractivity contribution is -0.165. The monoisotopic (exact) mass is 223 g/mol. The summed E-state index contributed by atoms with van der Waals surface area (Å²) in [6, 6.07) is 0. The molecule has 1 heterocycles. The molecule has 0 bridgehead atoms. The molecule has 86 valence electrons. The first-order chi connectivity index (χ1) is 6.91. The van der Waals surface area contributed by atoms with Crippen LogP contribution in [0.15, 0.2) is 10.2 Å². The maximum Gasteiger partial charge on any atom is 0.437 e. The van der Waals surface area contributed by atoms with Gasteiger partial charge in [-0.05, 0) is 6.42 Å². The van der Waals surface area contributed by atoms with Gasteiger partial charge in [0.2, 0.25) is 5.91 Å². The fourth-order valence-electron chi connectivity index (χ4n) is 1.06. The van der Waals surface area contributed by atoms with Gasteiger partial charge in [-0.15, -0.1) is 10.2 Å². The van der Waals surface area contributed by atoms with E-state index in [1.54, 1.807) is 0 Å². The molecule has 0 unspecified atom stereocenters. The van der Waals surface area contributed by atoms with Gasteiger partial charge in [-0.1, -0.05) is 6.92 Å². The van der Waals surface area contributed by atoms with Crippen molar-refractivity contribution >= 4 is 5.91 Å². The second-order valence-electron chi connectivity index (χ2n) is 3.36. The Balaban J connectivity index is 2.29. The highest BCUT2D eigenvalue weighted by Crippen LogP contribution is 2.47. The molecule has 1 rings (SSSR count). The molecular weight excluding hydrogens is 211 g/mol. The van der Waals surface area contributed by atoms with Crippen molar-refractivity contribution < 1.29 is 18.0 Å². The zero-order valence-corrected chi connectivity index (χ0v) is 8.26. The van der Waals surface area contributed by atoms with Gasteiger partial charge in [-0.3, -0.25) is 4.79 Å². The third kappa shape index (κ3) is 2.90. The van der Waals surface area contributed by atoms with Crippen LogP contribution in [0.25, 0.3) is 0 Å². The Labute approximate surface area is 84.9 Å². The van der Waals surface area contributed by atoms with Crippen LogP contribution in [0.4, 0.5) is 13.2 Å². The van der Waals surface area contributed by atoms with E-state index in [0.717, 1.165) is 6.42 Å². The highest BCUT2D eigenvalue weighted by atomic mass is 19.4. The van der Waals surface area contributed by atoms with Crippen molar-refractivity contribution in [2.75, 3.05) is 6.54 Å². The number of rotatable bonds is 5. The number of hydrogen-bond donors (Lipinski definition) is 1. The second-order valence-corrected chi connectivity index (χ2v) is 3.36. The molecule has 0 aromatic heterocycles. The van der Waals surface area contributed by atoms with Gasteiger partial charge in [0.15, 0.2) is 0 Å². The summed E-state index contributed by atoms with van der Waals surface area (Å²) >= 11 is 0. The summed E-state index contributed by atoms with van der Waals surface area (Å²) in [4.78, 5) is 11.0. The van der Waals surface area contributed by atoms with Crippen LogP contribution >= 0.6 is 0 Å². The normalized spacial score (nSPS) is 17.6. The van der Waals surface area contributed by atoms with Crippen LogP contribution in [0.3, 0.4) is 0 Å². The van der Waals surface area contributed by atoms with E-state index in [1.807, 2.05) is 6.92 Å². The molecule has 0 fully saturated rings. The summed E-state index contributed by atoms with van der Waals surface area (Å²) in [5.74, 6) is -0.391. The Hall–Kier alpha value is -1.14. The van der Waals surface area contributed by atoms with Crippen molar-refractivity contribution in [3.8, 4) is 0 Å². The topological polar surface area (TPSA) is 53.8 Å².